The van der Waals surface area contributed by atoms with Crippen molar-refractivity contribution in [1.82, 2.24) is 10.3 Å². The molecular weight excluding hydrogens is 262 g/mol. The average molecular weight is 283 g/mol. The van der Waals surface area contributed by atoms with Gasteiger partial charge >= 0.3 is 0 Å². The van der Waals surface area contributed by atoms with E-state index in [1.165, 1.54) is 12.8 Å². The molecule has 4 heteroatoms. The minimum atomic E-state index is -0.0861. The number of pyridine rings is 1. The maximum absolute atomic E-state index is 12.3. The van der Waals surface area contributed by atoms with Crippen molar-refractivity contribution in [2.24, 2.45) is 5.41 Å². The highest BCUT2D eigenvalue weighted by Gasteiger charge is 2.40. The first-order chi connectivity index (χ1) is 10.2. The molecular formula is C17H21N3O. The van der Waals surface area contributed by atoms with E-state index in [0.717, 1.165) is 29.6 Å². The second-order valence-electron chi connectivity index (χ2n) is 5.86. The standard InChI is InChI=1S/C17H21N3O/c1-3-17(8-9-17)11-19-16(21)15-10-14(18-2)12-6-4-5-7-13(12)20-15/h4-7,10H,3,8-9,11H2,1-2H3,(H,18,20)(H,19,21). The number of para-hydroxylation sites is 1. The summed E-state index contributed by atoms with van der Waals surface area (Å²) < 4.78 is 0. The molecule has 2 aromatic rings. The van der Waals surface area contributed by atoms with Crippen LogP contribution in [0.25, 0.3) is 10.9 Å². The number of nitrogens with one attached hydrogen (secondary N) is 2. The lowest BCUT2D eigenvalue weighted by Gasteiger charge is -2.14. The van der Waals surface area contributed by atoms with Gasteiger partial charge in [-0.1, -0.05) is 25.1 Å². The smallest absolute Gasteiger partial charge is 0.270 e. The topological polar surface area (TPSA) is 54.0 Å². The number of benzene rings is 1. The summed E-state index contributed by atoms with van der Waals surface area (Å²) in [4.78, 5) is 16.8. The summed E-state index contributed by atoms with van der Waals surface area (Å²) in [5, 5.41) is 7.21. The molecule has 3 rings (SSSR count). The third kappa shape index (κ3) is 2.71. The van der Waals surface area contributed by atoms with Gasteiger partial charge in [-0.2, -0.15) is 0 Å². The van der Waals surface area contributed by atoms with E-state index in [4.69, 9.17) is 0 Å². The lowest BCUT2D eigenvalue weighted by Crippen LogP contribution is -2.30. The molecule has 2 N–H and O–H groups in total. The van der Waals surface area contributed by atoms with E-state index < -0.39 is 0 Å². The van der Waals surface area contributed by atoms with Crippen LogP contribution in [-0.2, 0) is 0 Å². The van der Waals surface area contributed by atoms with Crippen LogP contribution >= 0.6 is 0 Å². The van der Waals surface area contributed by atoms with Gasteiger partial charge in [0.2, 0.25) is 0 Å². The van der Waals surface area contributed by atoms with E-state index in [9.17, 15) is 4.79 Å². The molecule has 0 unspecified atom stereocenters. The molecule has 1 amide bonds. The van der Waals surface area contributed by atoms with Crippen molar-refractivity contribution in [1.29, 1.82) is 0 Å². The second kappa shape index (κ2) is 5.35. The third-order valence-corrected chi connectivity index (χ3v) is 4.55. The molecule has 1 aromatic carbocycles. The van der Waals surface area contributed by atoms with Crippen LogP contribution in [0.3, 0.4) is 0 Å². The van der Waals surface area contributed by atoms with Gasteiger partial charge in [0, 0.05) is 24.7 Å². The molecule has 1 aliphatic rings. The van der Waals surface area contributed by atoms with Crippen LogP contribution in [0.15, 0.2) is 30.3 Å². The van der Waals surface area contributed by atoms with Gasteiger partial charge in [-0.15, -0.1) is 0 Å². The number of carbonyl (C=O) groups is 1. The maximum Gasteiger partial charge on any atom is 0.270 e. The third-order valence-electron chi connectivity index (χ3n) is 4.55. The van der Waals surface area contributed by atoms with Gasteiger partial charge in [-0.25, -0.2) is 4.98 Å². The Balaban J connectivity index is 1.84. The Kier molecular flexibility index (Phi) is 3.53. The molecule has 1 fully saturated rings. The number of anilines is 1. The zero-order valence-corrected chi connectivity index (χ0v) is 12.6. The van der Waals surface area contributed by atoms with Crippen LogP contribution in [0, 0.1) is 5.41 Å². The van der Waals surface area contributed by atoms with Gasteiger partial charge in [0.05, 0.1) is 5.52 Å². The zero-order chi connectivity index (χ0) is 14.9. The average Bonchev–Trinajstić information content (AvgIpc) is 3.32. The fourth-order valence-electron chi connectivity index (χ4n) is 2.69. The number of amides is 1. The highest BCUT2D eigenvalue weighted by molar-refractivity contribution is 5.99. The maximum atomic E-state index is 12.3. The molecule has 0 radical (unpaired) electrons. The van der Waals surface area contributed by atoms with E-state index in [1.54, 1.807) is 0 Å². The minimum Gasteiger partial charge on any atom is -0.388 e. The Bertz CT molecular complexity index is 677. The molecule has 4 nitrogen and oxygen atoms in total. The van der Waals surface area contributed by atoms with E-state index >= 15 is 0 Å². The lowest BCUT2D eigenvalue weighted by molar-refractivity contribution is 0.0940. The van der Waals surface area contributed by atoms with Crippen molar-refractivity contribution in [3.63, 3.8) is 0 Å². The number of nitrogens with zero attached hydrogens (tertiary/aromatic N) is 1. The van der Waals surface area contributed by atoms with E-state index in [-0.39, 0.29) is 5.91 Å². The zero-order valence-electron chi connectivity index (χ0n) is 12.6. The van der Waals surface area contributed by atoms with Gasteiger partial charge in [0.25, 0.3) is 5.91 Å². The van der Waals surface area contributed by atoms with Crippen LogP contribution in [0.4, 0.5) is 5.69 Å². The molecule has 0 aliphatic heterocycles. The predicted octanol–water partition coefficient (Wildman–Crippen LogP) is 3.20. The van der Waals surface area contributed by atoms with Crippen molar-refractivity contribution in [2.45, 2.75) is 26.2 Å². The highest BCUT2D eigenvalue weighted by Crippen LogP contribution is 2.47. The molecule has 0 saturated heterocycles. The number of hydrogen-bond acceptors (Lipinski definition) is 3. The fraction of sp³-hybridized carbons (Fsp3) is 0.412. The molecule has 110 valence electrons. The van der Waals surface area contributed by atoms with Crippen LogP contribution in [0.1, 0.15) is 36.7 Å². The van der Waals surface area contributed by atoms with E-state index in [1.807, 2.05) is 37.4 Å². The Morgan fingerprint density at radius 1 is 1.33 bits per heavy atom. The monoisotopic (exact) mass is 283 g/mol. The van der Waals surface area contributed by atoms with E-state index in [2.05, 4.69) is 22.5 Å². The van der Waals surface area contributed by atoms with Crippen molar-refractivity contribution < 1.29 is 4.79 Å². The van der Waals surface area contributed by atoms with Crippen molar-refractivity contribution in [2.75, 3.05) is 18.9 Å². The van der Waals surface area contributed by atoms with Crippen LogP contribution in [0.5, 0.6) is 0 Å². The van der Waals surface area contributed by atoms with Gasteiger partial charge in [0.15, 0.2) is 0 Å². The van der Waals surface area contributed by atoms with E-state index in [0.29, 0.717) is 11.1 Å². The van der Waals surface area contributed by atoms with Gasteiger partial charge in [-0.3, -0.25) is 4.79 Å². The predicted molar refractivity (Wildman–Crippen MR) is 85.6 cm³/mol. The Labute approximate surface area is 125 Å². The molecule has 1 saturated carbocycles. The Hall–Kier alpha value is -2.10. The summed E-state index contributed by atoms with van der Waals surface area (Å²) >= 11 is 0. The normalized spacial score (nSPS) is 15.7. The number of aromatic nitrogens is 1. The lowest BCUT2D eigenvalue weighted by atomic mass is 10.0. The number of fused-ring (bicyclic) bond motifs is 1. The largest absolute Gasteiger partial charge is 0.388 e. The van der Waals surface area contributed by atoms with Gasteiger partial charge in [0.1, 0.15) is 5.69 Å². The second-order valence-corrected chi connectivity index (χ2v) is 5.86. The molecule has 21 heavy (non-hydrogen) atoms. The molecule has 1 aromatic heterocycles. The van der Waals surface area contributed by atoms with Crippen LogP contribution in [-0.4, -0.2) is 24.5 Å². The summed E-state index contributed by atoms with van der Waals surface area (Å²) in [6, 6.07) is 9.67. The van der Waals surface area contributed by atoms with Crippen LogP contribution in [0.2, 0.25) is 0 Å². The summed E-state index contributed by atoms with van der Waals surface area (Å²) in [5.41, 5.74) is 2.59. The first-order valence-electron chi connectivity index (χ1n) is 7.53. The van der Waals surface area contributed by atoms with Gasteiger partial charge in [-0.05, 0) is 36.8 Å². The molecule has 1 heterocycles. The molecule has 1 aliphatic carbocycles. The summed E-state index contributed by atoms with van der Waals surface area (Å²) in [6.07, 6.45) is 3.56. The molecule has 0 bridgehead atoms. The number of rotatable bonds is 5. The minimum absolute atomic E-state index is 0.0861. The molecule has 0 spiro atoms. The summed E-state index contributed by atoms with van der Waals surface area (Å²) in [7, 11) is 1.86. The Morgan fingerprint density at radius 3 is 2.76 bits per heavy atom. The van der Waals surface area contributed by atoms with Crippen molar-refractivity contribution in [3.05, 3.63) is 36.0 Å². The van der Waals surface area contributed by atoms with Gasteiger partial charge < -0.3 is 10.6 Å². The SMILES string of the molecule is CCC1(CNC(=O)c2cc(NC)c3ccccc3n2)CC1. The summed E-state index contributed by atoms with van der Waals surface area (Å²) in [6.45, 7) is 2.94. The quantitative estimate of drug-likeness (QED) is 0.886. The summed E-state index contributed by atoms with van der Waals surface area (Å²) in [5.74, 6) is -0.0861. The van der Waals surface area contributed by atoms with Crippen molar-refractivity contribution in [3.8, 4) is 0 Å². The Morgan fingerprint density at radius 2 is 2.10 bits per heavy atom. The highest BCUT2D eigenvalue weighted by atomic mass is 16.1. The first-order valence-corrected chi connectivity index (χ1v) is 7.53. The number of carbonyl (C=O) groups excluding carboxylic acids is 1. The molecule has 0 atom stereocenters. The fourth-order valence-corrected chi connectivity index (χ4v) is 2.69. The first kappa shape index (κ1) is 13.9. The van der Waals surface area contributed by atoms with Crippen LogP contribution < -0.4 is 10.6 Å². The number of hydrogen-bond donors (Lipinski definition) is 2. The van der Waals surface area contributed by atoms with Crippen molar-refractivity contribution >= 4 is 22.5 Å².